The average molecular weight is 268 g/mol. The third kappa shape index (κ3) is 3.11. The molecule has 2 saturated heterocycles. The second-order valence-electron chi connectivity index (χ2n) is 6.04. The fraction of sp³-hybridized carbons (Fsp3) is 0.933. The summed E-state index contributed by atoms with van der Waals surface area (Å²) < 4.78 is 5.36. The third-order valence-electron chi connectivity index (χ3n) is 4.71. The van der Waals surface area contributed by atoms with E-state index < -0.39 is 5.54 Å². The summed E-state index contributed by atoms with van der Waals surface area (Å²) in [6.45, 7) is 8.89. The van der Waals surface area contributed by atoms with Crippen molar-refractivity contribution in [1.82, 2.24) is 10.2 Å². The fourth-order valence-electron chi connectivity index (χ4n) is 3.48. The van der Waals surface area contributed by atoms with Crippen molar-refractivity contribution >= 4 is 5.97 Å². The van der Waals surface area contributed by atoms with E-state index in [1.807, 2.05) is 6.92 Å². The summed E-state index contributed by atoms with van der Waals surface area (Å²) in [6.07, 6.45) is 5.33. The van der Waals surface area contributed by atoms with E-state index in [0.29, 0.717) is 18.7 Å². The molecule has 4 heteroatoms. The van der Waals surface area contributed by atoms with Gasteiger partial charge >= 0.3 is 5.97 Å². The lowest BCUT2D eigenvalue weighted by Gasteiger charge is -2.44. The van der Waals surface area contributed by atoms with Crippen LogP contribution in [-0.4, -0.2) is 48.2 Å². The van der Waals surface area contributed by atoms with Crippen LogP contribution >= 0.6 is 0 Å². The molecule has 0 aromatic carbocycles. The first-order valence-corrected chi connectivity index (χ1v) is 7.80. The second-order valence-corrected chi connectivity index (χ2v) is 6.04. The first-order valence-electron chi connectivity index (χ1n) is 7.80. The van der Waals surface area contributed by atoms with Crippen LogP contribution in [0.3, 0.4) is 0 Å². The maximum Gasteiger partial charge on any atom is 0.326 e. The lowest BCUT2D eigenvalue weighted by molar-refractivity contribution is -0.154. The Labute approximate surface area is 116 Å². The Bertz CT molecular complexity index is 321. The number of rotatable bonds is 5. The molecule has 0 bridgehead atoms. The molecular formula is C15H28N2O2. The summed E-state index contributed by atoms with van der Waals surface area (Å²) in [7, 11) is 0. The number of carbonyl (C=O) groups excluding carboxylic acids is 1. The van der Waals surface area contributed by atoms with Gasteiger partial charge in [-0.05, 0) is 52.5 Å². The molecule has 0 aliphatic carbocycles. The van der Waals surface area contributed by atoms with Crippen LogP contribution in [0, 0.1) is 0 Å². The lowest BCUT2D eigenvalue weighted by atomic mass is 9.82. The Morgan fingerprint density at radius 1 is 1.47 bits per heavy atom. The average Bonchev–Trinajstić information content (AvgIpc) is 2.86. The van der Waals surface area contributed by atoms with Crippen molar-refractivity contribution in [2.75, 3.05) is 19.7 Å². The molecule has 0 amide bonds. The van der Waals surface area contributed by atoms with Gasteiger partial charge in [-0.2, -0.15) is 0 Å². The van der Waals surface area contributed by atoms with Crippen LogP contribution in [0.15, 0.2) is 0 Å². The highest BCUT2D eigenvalue weighted by atomic mass is 16.5. The van der Waals surface area contributed by atoms with Crippen molar-refractivity contribution in [3.8, 4) is 0 Å². The summed E-state index contributed by atoms with van der Waals surface area (Å²) in [5, 5.41) is 3.58. The number of esters is 1. The SMILES string of the molecule is CCOC(=O)C1(NC(C)CC)CCN2CCCC2C1. The number of nitrogens with zero attached hydrogens (tertiary/aromatic N) is 1. The molecule has 2 rings (SSSR count). The molecule has 2 fully saturated rings. The van der Waals surface area contributed by atoms with E-state index in [0.717, 1.165) is 25.8 Å². The quantitative estimate of drug-likeness (QED) is 0.774. The minimum absolute atomic E-state index is 0.0400. The zero-order valence-corrected chi connectivity index (χ0v) is 12.6. The van der Waals surface area contributed by atoms with Gasteiger partial charge in [0.15, 0.2) is 0 Å². The molecule has 0 aromatic rings. The largest absolute Gasteiger partial charge is 0.465 e. The van der Waals surface area contributed by atoms with E-state index in [2.05, 4.69) is 24.1 Å². The van der Waals surface area contributed by atoms with Gasteiger partial charge in [0.2, 0.25) is 0 Å². The standard InChI is InChI=1S/C15H28N2O2/c1-4-12(3)16-15(14(18)19-5-2)8-10-17-9-6-7-13(17)11-15/h12-13,16H,4-11H2,1-3H3. The molecule has 0 radical (unpaired) electrons. The maximum atomic E-state index is 12.5. The summed E-state index contributed by atoms with van der Waals surface area (Å²) in [5.74, 6) is -0.0400. The van der Waals surface area contributed by atoms with Gasteiger partial charge < -0.3 is 9.64 Å². The number of hydrogen-bond donors (Lipinski definition) is 1. The monoisotopic (exact) mass is 268 g/mol. The molecule has 2 heterocycles. The second kappa shape index (κ2) is 6.23. The van der Waals surface area contributed by atoms with Crippen LogP contribution in [0.1, 0.15) is 52.9 Å². The zero-order chi connectivity index (χ0) is 13.9. The van der Waals surface area contributed by atoms with Gasteiger partial charge in [0.05, 0.1) is 6.61 Å². The van der Waals surface area contributed by atoms with Crippen LogP contribution < -0.4 is 5.32 Å². The van der Waals surface area contributed by atoms with Crippen LogP contribution in [0.5, 0.6) is 0 Å². The lowest BCUT2D eigenvalue weighted by Crippen LogP contribution is -2.62. The predicted molar refractivity (Wildman–Crippen MR) is 76.1 cm³/mol. The summed E-state index contributed by atoms with van der Waals surface area (Å²) in [4.78, 5) is 15.0. The van der Waals surface area contributed by atoms with Gasteiger partial charge in [-0.3, -0.25) is 10.1 Å². The molecule has 3 atom stereocenters. The molecule has 2 aliphatic rings. The van der Waals surface area contributed by atoms with Gasteiger partial charge in [-0.15, -0.1) is 0 Å². The predicted octanol–water partition coefficient (Wildman–Crippen LogP) is 1.93. The van der Waals surface area contributed by atoms with E-state index in [9.17, 15) is 4.79 Å². The molecule has 0 aromatic heterocycles. The number of nitrogens with one attached hydrogen (secondary N) is 1. The summed E-state index contributed by atoms with van der Waals surface area (Å²) in [6, 6.07) is 0.923. The van der Waals surface area contributed by atoms with Gasteiger partial charge in [-0.1, -0.05) is 6.92 Å². The smallest absolute Gasteiger partial charge is 0.326 e. The van der Waals surface area contributed by atoms with Crippen LogP contribution in [-0.2, 0) is 9.53 Å². The molecule has 1 N–H and O–H groups in total. The van der Waals surface area contributed by atoms with E-state index in [1.54, 1.807) is 0 Å². The molecule has 4 nitrogen and oxygen atoms in total. The van der Waals surface area contributed by atoms with Crippen molar-refractivity contribution in [2.24, 2.45) is 0 Å². The maximum absolute atomic E-state index is 12.5. The molecule has 0 spiro atoms. The summed E-state index contributed by atoms with van der Waals surface area (Å²) >= 11 is 0. The minimum atomic E-state index is -0.447. The molecule has 110 valence electrons. The highest BCUT2D eigenvalue weighted by Gasteiger charge is 2.47. The first-order chi connectivity index (χ1) is 9.11. The van der Waals surface area contributed by atoms with Crippen molar-refractivity contribution in [3.05, 3.63) is 0 Å². The number of ether oxygens (including phenoxy) is 1. The van der Waals surface area contributed by atoms with E-state index in [1.165, 1.54) is 19.4 Å². The van der Waals surface area contributed by atoms with Crippen molar-refractivity contribution in [3.63, 3.8) is 0 Å². The number of carbonyl (C=O) groups is 1. The molecule has 2 aliphatic heterocycles. The Balaban J connectivity index is 2.12. The van der Waals surface area contributed by atoms with E-state index >= 15 is 0 Å². The highest BCUT2D eigenvalue weighted by molar-refractivity contribution is 5.81. The minimum Gasteiger partial charge on any atom is -0.465 e. The van der Waals surface area contributed by atoms with Crippen molar-refractivity contribution < 1.29 is 9.53 Å². The fourth-order valence-corrected chi connectivity index (χ4v) is 3.48. The molecule has 0 saturated carbocycles. The topological polar surface area (TPSA) is 41.6 Å². The highest BCUT2D eigenvalue weighted by Crippen LogP contribution is 2.34. The van der Waals surface area contributed by atoms with Crippen LogP contribution in [0.4, 0.5) is 0 Å². The van der Waals surface area contributed by atoms with E-state index in [-0.39, 0.29) is 5.97 Å². The van der Waals surface area contributed by atoms with Crippen molar-refractivity contribution in [1.29, 1.82) is 0 Å². The summed E-state index contributed by atoms with van der Waals surface area (Å²) in [5.41, 5.74) is -0.447. The number of fused-ring (bicyclic) bond motifs is 1. The Hall–Kier alpha value is -0.610. The Morgan fingerprint density at radius 2 is 2.26 bits per heavy atom. The molecule has 19 heavy (non-hydrogen) atoms. The zero-order valence-electron chi connectivity index (χ0n) is 12.6. The molecular weight excluding hydrogens is 240 g/mol. The van der Waals surface area contributed by atoms with Crippen LogP contribution in [0.2, 0.25) is 0 Å². The Morgan fingerprint density at radius 3 is 2.95 bits per heavy atom. The van der Waals surface area contributed by atoms with Gasteiger partial charge in [0, 0.05) is 18.6 Å². The molecule has 3 unspecified atom stereocenters. The number of hydrogen-bond acceptors (Lipinski definition) is 4. The van der Waals surface area contributed by atoms with Crippen LogP contribution in [0.25, 0.3) is 0 Å². The van der Waals surface area contributed by atoms with Gasteiger partial charge in [-0.25, -0.2) is 0 Å². The van der Waals surface area contributed by atoms with Gasteiger partial charge in [0.1, 0.15) is 5.54 Å². The van der Waals surface area contributed by atoms with E-state index in [4.69, 9.17) is 4.74 Å². The van der Waals surface area contributed by atoms with Crippen molar-refractivity contribution in [2.45, 2.75) is 70.5 Å². The third-order valence-corrected chi connectivity index (χ3v) is 4.71. The number of piperidine rings is 1. The van der Waals surface area contributed by atoms with Gasteiger partial charge in [0.25, 0.3) is 0 Å². The first kappa shape index (κ1) is 14.8. The Kier molecular flexibility index (Phi) is 4.85. The normalized spacial score (nSPS) is 32.9.